The second kappa shape index (κ2) is 6.65. The van der Waals surface area contributed by atoms with Gasteiger partial charge in [0.25, 0.3) is 0 Å². The van der Waals surface area contributed by atoms with E-state index >= 15 is 0 Å². The minimum atomic E-state index is -4.41. The molecule has 3 nitrogen and oxygen atoms in total. The van der Waals surface area contributed by atoms with E-state index in [4.69, 9.17) is 15.2 Å². The molecule has 108 valence electrons. The molecule has 0 spiro atoms. The molecule has 1 rings (SSSR count). The molecular weight excluding hydrogens is 259 g/mol. The van der Waals surface area contributed by atoms with Crippen LogP contribution in [-0.4, -0.2) is 20.8 Å². The number of alkyl halides is 3. The van der Waals surface area contributed by atoms with E-state index in [2.05, 4.69) is 0 Å². The van der Waals surface area contributed by atoms with E-state index < -0.39 is 11.7 Å². The zero-order chi connectivity index (χ0) is 14.5. The van der Waals surface area contributed by atoms with Crippen LogP contribution in [0, 0.1) is 0 Å². The summed E-state index contributed by atoms with van der Waals surface area (Å²) in [6, 6.07) is 2.37. The molecule has 0 fully saturated rings. The highest BCUT2D eigenvalue weighted by Crippen LogP contribution is 2.39. The van der Waals surface area contributed by atoms with Crippen molar-refractivity contribution >= 4 is 0 Å². The molecule has 0 bridgehead atoms. The highest BCUT2D eigenvalue weighted by molar-refractivity contribution is 5.48. The number of halogens is 3. The summed E-state index contributed by atoms with van der Waals surface area (Å²) in [5, 5.41) is 0. The van der Waals surface area contributed by atoms with Crippen molar-refractivity contribution in [3.8, 4) is 11.5 Å². The quantitative estimate of drug-likeness (QED) is 0.813. The van der Waals surface area contributed by atoms with Crippen molar-refractivity contribution in [2.24, 2.45) is 5.73 Å². The van der Waals surface area contributed by atoms with Gasteiger partial charge in [-0.2, -0.15) is 13.2 Å². The second-order valence-electron chi connectivity index (χ2n) is 4.11. The molecule has 0 aliphatic heterocycles. The van der Waals surface area contributed by atoms with Gasteiger partial charge >= 0.3 is 6.18 Å². The molecule has 0 radical (unpaired) electrons. The summed E-state index contributed by atoms with van der Waals surface area (Å²) >= 11 is 0. The van der Waals surface area contributed by atoms with Gasteiger partial charge in [0, 0.05) is 0 Å². The number of rotatable bonds is 6. The van der Waals surface area contributed by atoms with Crippen LogP contribution in [-0.2, 0) is 12.6 Å². The van der Waals surface area contributed by atoms with E-state index in [1.54, 1.807) is 0 Å². The summed E-state index contributed by atoms with van der Waals surface area (Å²) < 4.78 is 48.9. The normalized spacial score (nSPS) is 11.5. The number of benzene rings is 1. The van der Waals surface area contributed by atoms with Gasteiger partial charge in [0.2, 0.25) is 0 Å². The van der Waals surface area contributed by atoms with Crippen molar-refractivity contribution in [1.82, 2.24) is 0 Å². The smallest absolute Gasteiger partial charge is 0.416 e. The van der Waals surface area contributed by atoms with Crippen LogP contribution in [0.4, 0.5) is 13.2 Å². The number of aryl methyl sites for hydroxylation is 1. The van der Waals surface area contributed by atoms with Gasteiger partial charge in [-0.25, -0.2) is 0 Å². The molecule has 1 aromatic rings. The Hall–Kier alpha value is -1.43. The fourth-order valence-electron chi connectivity index (χ4n) is 1.85. The van der Waals surface area contributed by atoms with Crippen LogP contribution in [0.2, 0.25) is 0 Å². The summed E-state index contributed by atoms with van der Waals surface area (Å²) in [4.78, 5) is 0. The molecule has 0 aliphatic rings. The number of nitrogens with two attached hydrogens (primary N) is 1. The predicted molar refractivity (Wildman–Crippen MR) is 66.5 cm³/mol. The third-order valence-electron chi connectivity index (χ3n) is 2.82. The van der Waals surface area contributed by atoms with Crippen LogP contribution in [0.3, 0.4) is 0 Å². The van der Waals surface area contributed by atoms with Crippen LogP contribution < -0.4 is 15.2 Å². The zero-order valence-electron chi connectivity index (χ0n) is 11.0. The van der Waals surface area contributed by atoms with Crippen molar-refractivity contribution in [3.05, 3.63) is 23.3 Å². The Labute approximate surface area is 110 Å². The Morgan fingerprint density at radius 1 is 1.05 bits per heavy atom. The van der Waals surface area contributed by atoms with Gasteiger partial charge in [-0.3, -0.25) is 0 Å². The first-order chi connectivity index (χ1) is 8.93. The van der Waals surface area contributed by atoms with Crippen LogP contribution >= 0.6 is 0 Å². The fraction of sp³-hybridized carbons (Fsp3) is 0.538. The average Bonchev–Trinajstić information content (AvgIpc) is 2.37. The first-order valence-electron chi connectivity index (χ1n) is 5.96. The van der Waals surface area contributed by atoms with Gasteiger partial charge in [0.15, 0.2) is 11.5 Å². The Balaban J connectivity index is 3.16. The Morgan fingerprint density at radius 3 is 2.11 bits per heavy atom. The van der Waals surface area contributed by atoms with Crippen molar-refractivity contribution in [3.63, 3.8) is 0 Å². The third-order valence-corrected chi connectivity index (χ3v) is 2.82. The lowest BCUT2D eigenvalue weighted by Gasteiger charge is -2.16. The minimum Gasteiger partial charge on any atom is -0.493 e. The Morgan fingerprint density at radius 2 is 1.63 bits per heavy atom. The average molecular weight is 277 g/mol. The van der Waals surface area contributed by atoms with E-state index in [1.807, 2.05) is 0 Å². The maximum Gasteiger partial charge on any atom is 0.416 e. The molecule has 0 heterocycles. The molecule has 0 atom stereocenters. The molecule has 0 amide bonds. The maximum atomic E-state index is 13.0. The van der Waals surface area contributed by atoms with Crippen molar-refractivity contribution in [2.45, 2.75) is 25.4 Å². The summed E-state index contributed by atoms with van der Waals surface area (Å²) in [6.07, 6.45) is -2.80. The SMILES string of the molecule is COc1cc(CCCCN)c(C(F)(F)F)cc1OC. The summed E-state index contributed by atoms with van der Waals surface area (Å²) in [5.74, 6) is 0.385. The molecule has 0 aromatic heterocycles. The van der Waals surface area contributed by atoms with Gasteiger partial charge in [-0.05, 0) is 43.5 Å². The monoisotopic (exact) mass is 277 g/mol. The lowest BCUT2D eigenvalue weighted by Crippen LogP contribution is -2.11. The van der Waals surface area contributed by atoms with Gasteiger partial charge < -0.3 is 15.2 Å². The van der Waals surface area contributed by atoms with Crippen LogP contribution in [0.1, 0.15) is 24.0 Å². The zero-order valence-corrected chi connectivity index (χ0v) is 11.0. The second-order valence-corrected chi connectivity index (χ2v) is 4.11. The lowest BCUT2D eigenvalue weighted by atomic mass is 10.0. The lowest BCUT2D eigenvalue weighted by molar-refractivity contribution is -0.138. The number of hydrogen-bond donors (Lipinski definition) is 1. The van der Waals surface area contributed by atoms with Gasteiger partial charge in [-0.1, -0.05) is 0 Å². The molecule has 0 saturated heterocycles. The molecule has 0 unspecified atom stereocenters. The summed E-state index contributed by atoms with van der Waals surface area (Å²) in [7, 11) is 2.71. The first kappa shape index (κ1) is 15.6. The summed E-state index contributed by atoms with van der Waals surface area (Å²) in [5.41, 5.74) is 4.88. The largest absolute Gasteiger partial charge is 0.493 e. The van der Waals surface area contributed by atoms with E-state index in [-0.39, 0.29) is 11.3 Å². The standard InChI is InChI=1S/C13H18F3NO2/c1-18-11-7-9(5-3-4-6-17)10(13(14,15)16)8-12(11)19-2/h7-8H,3-6,17H2,1-2H3. The van der Waals surface area contributed by atoms with E-state index in [9.17, 15) is 13.2 Å². The number of ether oxygens (including phenoxy) is 2. The van der Waals surface area contributed by atoms with Crippen LogP contribution in [0.5, 0.6) is 11.5 Å². The highest BCUT2D eigenvalue weighted by atomic mass is 19.4. The molecule has 1 aromatic carbocycles. The van der Waals surface area contributed by atoms with Crippen LogP contribution in [0.25, 0.3) is 0 Å². The number of hydrogen-bond acceptors (Lipinski definition) is 3. The highest BCUT2D eigenvalue weighted by Gasteiger charge is 2.34. The third kappa shape index (κ3) is 4.02. The van der Waals surface area contributed by atoms with Crippen molar-refractivity contribution in [1.29, 1.82) is 0 Å². The topological polar surface area (TPSA) is 44.5 Å². The maximum absolute atomic E-state index is 13.0. The minimum absolute atomic E-state index is 0.0809. The van der Waals surface area contributed by atoms with E-state index in [0.29, 0.717) is 31.6 Å². The van der Waals surface area contributed by atoms with E-state index in [0.717, 1.165) is 6.07 Å². The van der Waals surface area contributed by atoms with Crippen LogP contribution in [0.15, 0.2) is 12.1 Å². The van der Waals surface area contributed by atoms with Gasteiger partial charge in [-0.15, -0.1) is 0 Å². The summed E-state index contributed by atoms with van der Waals surface area (Å²) in [6.45, 7) is 0.467. The number of methoxy groups -OCH3 is 2. The fourth-order valence-corrected chi connectivity index (χ4v) is 1.85. The Bertz CT molecular complexity index is 419. The van der Waals surface area contributed by atoms with Crippen molar-refractivity contribution < 1.29 is 22.6 Å². The first-order valence-corrected chi connectivity index (χ1v) is 5.96. The predicted octanol–water partition coefficient (Wildman–Crippen LogP) is 3.00. The molecule has 6 heteroatoms. The van der Waals surface area contributed by atoms with Gasteiger partial charge in [0.05, 0.1) is 19.8 Å². The molecule has 0 saturated carbocycles. The van der Waals surface area contributed by atoms with Gasteiger partial charge in [0.1, 0.15) is 0 Å². The molecule has 2 N–H and O–H groups in total. The number of unbranched alkanes of at least 4 members (excludes halogenated alkanes) is 1. The Kier molecular flexibility index (Phi) is 5.47. The molecule has 19 heavy (non-hydrogen) atoms. The molecular formula is C13H18F3NO2. The van der Waals surface area contributed by atoms with Crippen molar-refractivity contribution in [2.75, 3.05) is 20.8 Å². The van der Waals surface area contributed by atoms with E-state index in [1.165, 1.54) is 20.3 Å². The molecule has 0 aliphatic carbocycles.